The first-order chi connectivity index (χ1) is 11.5. The number of rotatable bonds is 8. The van der Waals surface area contributed by atoms with Gasteiger partial charge >= 0.3 is 0 Å². The Balaban J connectivity index is 1.70. The maximum absolute atomic E-state index is 12.0. The van der Waals surface area contributed by atoms with Crippen LogP contribution in [-0.4, -0.2) is 25.9 Å². The summed E-state index contributed by atoms with van der Waals surface area (Å²) in [7, 11) is -3.58. The Hall–Kier alpha value is -1.96. The largest absolute Gasteiger partial charge is 0.352 e. The lowest BCUT2D eigenvalue weighted by atomic mass is 10.2. The van der Waals surface area contributed by atoms with E-state index in [9.17, 15) is 13.2 Å². The molecule has 0 saturated heterocycles. The Bertz CT molecular complexity index is 765. The van der Waals surface area contributed by atoms with Crippen LogP contribution in [0.15, 0.2) is 53.7 Å². The predicted octanol–water partition coefficient (Wildman–Crippen LogP) is 2.11. The molecule has 0 radical (unpaired) electrons. The summed E-state index contributed by atoms with van der Waals surface area (Å²) < 4.78 is 26.5. The summed E-state index contributed by atoms with van der Waals surface area (Å²) in [6.45, 7) is 0.592. The zero-order valence-electron chi connectivity index (χ0n) is 12.9. The Morgan fingerprint density at radius 1 is 1.17 bits per heavy atom. The standard InChI is InChI=1S/C16H18ClN3O3S/c17-14-5-7-15(8-6-14)24(22,23)20-10-2-4-16(21)19-12-13-3-1-9-18-11-13/h1,3,5-9,11,20H,2,4,10,12H2,(H,19,21). The number of amides is 1. The average Bonchev–Trinajstić information content (AvgIpc) is 2.58. The minimum atomic E-state index is -3.58. The average molecular weight is 368 g/mol. The molecular formula is C16H18ClN3O3S. The van der Waals surface area contributed by atoms with Crippen LogP contribution in [0.4, 0.5) is 0 Å². The van der Waals surface area contributed by atoms with E-state index in [1.54, 1.807) is 18.5 Å². The third-order valence-corrected chi connectivity index (χ3v) is 4.94. The van der Waals surface area contributed by atoms with Gasteiger partial charge in [-0.3, -0.25) is 9.78 Å². The van der Waals surface area contributed by atoms with Crippen LogP contribution < -0.4 is 10.0 Å². The van der Waals surface area contributed by atoms with Crippen LogP contribution in [0.5, 0.6) is 0 Å². The number of nitrogens with zero attached hydrogens (tertiary/aromatic N) is 1. The van der Waals surface area contributed by atoms with Crippen molar-refractivity contribution < 1.29 is 13.2 Å². The van der Waals surface area contributed by atoms with Crippen molar-refractivity contribution in [2.45, 2.75) is 24.3 Å². The van der Waals surface area contributed by atoms with Crippen molar-refractivity contribution in [1.82, 2.24) is 15.0 Å². The number of nitrogens with one attached hydrogen (secondary N) is 2. The second-order valence-electron chi connectivity index (χ2n) is 5.09. The monoisotopic (exact) mass is 367 g/mol. The lowest BCUT2D eigenvalue weighted by molar-refractivity contribution is -0.121. The van der Waals surface area contributed by atoms with Crippen LogP contribution >= 0.6 is 11.6 Å². The molecule has 6 nitrogen and oxygen atoms in total. The smallest absolute Gasteiger partial charge is 0.240 e. The molecule has 0 aliphatic rings. The maximum atomic E-state index is 12.0. The molecule has 0 bridgehead atoms. The molecule has 128 valence electrons. The lowest BCUT2D eigenvalue weighted by Crippen LogP contribution is -2.27. The van der Waals surface area contributed by atoms with Gasteiger partial charge in [0.05, 0.1) is 4.90 Å². The highest BCUT2D eigenvalue weighted by Gasteiger charge is 2.13. The van der Waals surface area contributed by atoms with Gasteiger partial charge in [-0.2, -0.15) is 0 Å². The maximum Gasteiger partial charge on any atom is 0.240 e. The molecule has 1 aromatic heterocycles. The summed E-state index contributed by atoms with van der Waals surface area (Å²) in [6.07, 6.45) is 3.99. The molecule has 1 aromatic carbocycles. The minimum Gasteiger partial charge on any atom is -0.352 e. The first-order valence-corrected chi connectivity index (χ1v) is 9.24. The Morgan fingerprint density at radius 3 is 2.58 bits per heavy atom. The molecule has 1 heterocycles. The molecule has 2 aromatic rings. The second-order valence-corrected chi connectivity index (χ2v) is 7.30. The minimum absolute atomic E-state index is 0.135. The summed E-state index contributed by atoms with van der Waals surface area (Å²) in [5.41, 5.74) is 0.911. The highest BCUT2D eigenvalue weighted by molar-refractivity contribution is 7.89. The number of benzene rings is 1. The Labute approximate surface area is 146 Å². The van der Waals surface area contributed by atoms with Crippen molar-refractivity contribution >= 4 is 27.5 Å². The molecule has 1 amide bonds. The van der Waals surface area contributed by atoms with Gasteiger partial charge in [-0.1, -0.05) is 17.7 Å². The molecule has 0 fully saturated rings. The van der Waals surface area contributed by atoms with Crippen LogP contribution in [0.3, 0.4) is 0 Å². The fourth-order valence-electron chi connectivity index (χ4n) is 1.94. The number of carbonyl (C=O) groups is 1. The van der Waals surface area contributed by atoms with Gasteiger partial charge in [-0.05, 0) is 42.3 Å². The zero-order valence-corrected chi connectivity index (χ0v) is 14.5. The van der Waals surface area contributed by atoms with Gasteiger partial charge < -0.3 is 5.32 Å². The number of hydrogen-bond acceptors (Lipinski definition) is 4. The van der Waals surface area contributed by atoms with Gasteiger partial charge in [0.2, 0.25) is 15.9 Å². The van der Waals surface area contributed by atoms with Crippen molar-refractivity contribution in [3.05, 3.63) is 59.4 Å². The van der Waals surface area contributed by atoms with E-state index in [0.717, 1.165) is 5.56 Å². The van der Waals surface area contributed by atoms with Gasteiger partial charge in [-0.25, -0.2) is 13.1 Å². The normalized spacial score (nSPS) is 11.2. The van der Waals surface area contributed by atoms with Crippen molar-refractivity contribution in [3.8, 4) is 0 Å². The Morgan fingerprint density at radius 2 is 1.92 bits per heavy atom. The molecule has 2 rings (SSSR count). The summed E-state index contributed by atoms with van der Waals surface area (Å²) in [5.74, 6) is -0.135. The highest BCUT2D eigenvalue weighted by atomic mass is 35.5. The van der Waals surface area contributed by atoms with Gasteiger partial charge in [0.25, 0.3) is 0 Å². The number of sulfonamides is 1. The quantitative estimate of drug-likeness (QED) is 0.699. The summed E-state index contributed by atoms with van der Waals surface area (Å²) in [6, 6.07) is 9.57. The van der Waals surface area contributed by atoms with Crippen LogP contribution in [-0.2, 0) is 21.4 Å². The van der Waals surface area contributed by atoms with E-state index in [2.05, 4.69) is 15.0 Å². The zero-order chi connectivity index (χ0) is 17.4. The molecule has 0 unspecified atom stereocenters. The fourth-order valence-corrected chi connectivity index (χ4v) is 3.14. The van der Waals surface area contributed by atoms with Crippen molar-refractivity contribution in [2.24, 2.45) is 0 Å². The lowest BCUT2D eigenvalue weighted by Gasteiger charge is -2.07. The van der Waals surface area contributed by atoms with Crippen LogP contribution in [0.1, 0.15) is 18.4 Å². The summed E-state index contributed by atoms with van der Waals surface area (Å²) in [4.78, 5) is 15.8. The summed E-state index contributed by atoms with van der Waals surface area (Å²) in [5, 5.41) is 3.24. The number of halogens is 1. The molecule has 0 spiro atoms. The predicted molar refractivity (Wildman–Crippen MR) is 92.0 cm³/mol. The number of pyridine rings is 1. The van der Waals surface area contributed by atoms with Gasteiger partial charge in [0.1, 0.15) is 0 Å². The van der Waals surface area contributed by atoms with Crippen LogP contribution in [0.2, 0.25) is 5.02 Å². The van der Waals surface area contributed by atoms with Gasteiger partial charge in [-0.15, -0.1) is 0 Å². The highest BCUT2D eigenvalue weighted by Crippen LogP contribution is 2.13. The van der Waals surface area contributed by atoms with Crippen LogP contribution in [0, 0.1) is 0 Å². The molecule has 24 heavy (non-hydrogen) atoms. The first kappa shape index (κ1) is 18.4. The van der Waals surface area contributed by atoms with E-state index >= 15 is 0 Å². The molecule has 8 heteroatoms. The van der Waals surface area contributed by atoms with E-state index in [1.807, 2.05) is 6.07 Å². The summed E-state index contributed by atoms with van der Waals surface area (Å²) >= 11 is 5.73. The number of hydrogen-bond donors (Lipinski definition) is 2. The van der Waals surface area contributed by atoms with E-state index in [1.165, 1.54) is 24.3 Å². The topological polar surface area (TPSA) is 88.2 Å². The first-order valence-electron chi connectivity index (χ1n) is 7.38. The number of aromatic nitrogens is 1. The molecule has 2 N–H and O–H groups in total. The third kappa shape index (κ3) is 5.92. The number of carbonyl (C=O) groups excluding carboxylic acids is 1. The molecule has 0 aliphatic carbocycles. The van der Waals surface area contributed by atoms with Crippen LogP contribution in [0.25, 0.3) is 0 Å². The molecular weight excluding hydrogens is 350 g/mol. The fraction of sp³-hybridized carbons (Fsp3) is 0.250. The van der Waals surface area contributed by atoms with E-state index in [4.69, 9.17) is 11.6 Å². The molecule has 0 atom stereocenters. The van der Waals surface area contributed by atoms with E-state index in [0.29, 0.717) is 18.0 Å². The third-order valence-electron chi connectivity index (χ3n) is 3.21. The SMILES string of the molecule is O=C(CCCNS(=O)(=O)c1ccc(Cl)cc1)NCc1cccnc1. The van der Waals surface area contributed by atoms with Crippen molar-refractivity contribution in [1.29, 1.82) is 0 Å². The molecule has 0 aliphatic heterocycles. The molecule has 0 saturated carbocycles. The van der Waals surface area contributed by atoms with E-state index in [-0.39, 0.29) is 23.8 Å². The van der Waals surface area contributed by atoms with Gasteiger partial charge in [0.15, 0.2) is 0 Å². The Kier molecular flexibility index (Phi) is 6.72. The van der Waals surface area contributed by atoms with Gasteiger partial charge in [0, 0.05) is 36.9 Å². The van der Waals surface area contributed by atoms with Crippen molar-refractivity contribution in [2.75, 3.05) is 6.54 Å². The second kappa shape index (κ2) is 8.77. The van der Waals surface area contributed by atoms with Crippen molar-refractivity contribution in [3.63, 3.8) is 0 Å². The van der Waals surface area contributed by atoms with E-state index < -0.39 is 10.0 Å².